The van der Waals surface area contributed by atoms with Gasteiger partial charge in [0.25, 0.3) is 0 Å². The molecule has 0 saturated carbocycles. The van der Waals surface area contributed by atoms with Gasteiger partial charge in [0.2, 0.25) is 10.0 Å². The van der Waals surface area contributed by atoms with Gasteiger partial charge in [-0.25, -0.2) is 8.42 Å². The Balaban J connectivity index is 2.26. The topological polar surface area (TPSA) is 94.4 Å². The molecule has 21 heavy (non-hydrogen) atoms. The van der Waals surface area contributed by atoms with Gasteiger partial charge in [-0.1, -0.05) is 6.92 Å². The predicted molar refractivity (Wildman–Crippen MR) is 79.0 cm³/mol. The summed E-state index contributed by atoms with van der Waals surface area (Å²) in [5.74, 6) is 0.728. The highest BCUT2D eigenvalue weighted by atomic mass is 32.2. The first kappa shape index (κ1) is 15.6. The van der Waals surface area contributed by atoms with Crippen LogP contribution in [-0.4, -0.2) is 29.6 Å². The fourth-order valence-corrected chi connectivity index (χ4v) is 3.23. The van der Waals surface area contributed by atoms with E-state index in [2.05, 4.69) is 5.10 Å². The van der Waals surface area contributed by atoms with Gasteiger partial charge in [-0.3, -0.25) is 4.68 Å². The molecule has 0 aliphatic carbocycles. The van der Waals surface area contributed by atoms with Crippen molar-refractivity contribution < 1.29 is 12.8 Å². The number of aryl methyl sites for hydroxylation is 2. The number of anilines is 1. The Kier molecular flexibility index (Phi) is 4.38. The van der Waals surface area contributed by atoms with E-state index in [1.807, 2.05) is 6.92 Å². The summed E-state index contributed by atoms with van der Waals surface area (Å²) < 4.78 is 33.1. The molecule has 0 spiro atoms. The summed E-state index contributed by atoms with van der Waals surface area (Å²) in [5, 5.41) is 4.03. The second kappa shape index (κ2) is 5.90. The van der Waals surface area contributed by atoms with Gasteiger partial charge >= 0.3 is 0 Å². The average molecular weight is 312 g/mol. The van der Waals surface area contributed by atoms with Gasteiger partial charge in [0.05, 0.1) is 6.26 Å². The maximum absolute atomic E-state index is 12.6. The Labute approximate surface area is 124 Å². The van der Waals surface area contributed by atoms with Crippen LogP contribution in [0.3, 0.4) is 0 Å². The van der Waals surface area contributed by atoms with Crippen LogP contribution < -0.4 is 5.73 Å². The van der Waals surface area contributed by atoms with Crippen LogP contribution in [0.25, 0.3) is 0 Å². The third kappa shape index (κ3) is 3.11. The quantitative estimate of drug-likeness (QED) is 0.874. The van der Waals surface area contributed by atoms with E-state index in [-0.39, 0.29) is 17.3 Å². The van der Waals surface area contributed by atoms with Gasteiger partial charge < -0.3 is 10.2 Å². The van der Waals surface area contributed by atoms with Crippen molar-refractivity contribution in [2.75, 3.05) is 12.8 Å². The van der Waals surface area contributed by atoms with Crippen molar-refractivity contribution in [3.05, 3.63) is 29.9 Å². The molecule has 0 amide bonds. The lowest BCUT2D eigenvalue weighted by Crippen LogP contribution is -2.27. The zero-order valence-corrected chi connectivity index (χ0v) is 13.2. The van der Waals surface area contributed by atoms with Crippen LogP contribution in [0.5, 0.6) is 0 Å². The molecule has 2 N–H and O–H groups in total. The minimum absolute atomic E-state index is 0.0271. The van der Waals surface area contributed by atoms with E-state index in [4.69, 9.17) is 10.2 Å². The van der Waals surface area contributed by atoms with Crippen LogP contribution in [0.1, 0.15) is 24.7 Å². The Morgan fingerprint density at radius 3 is 2.76 bits per heavy atom. The molecule has 0 atom stereocenters. The van der Waals surface area contributed by atoms with Crippen LogP contribution in [-0.2, 0) is 23.1 Å². The molecule has 0 saturated heterocycles. The van der Waals surface area contributed by atoms with Gasteiger partial charge in [0, 0.05) is 31.9 Å². The molecule has 0 radical (unpaired) electrons. The Hall–Kier alpha value is -1.80. The van der Waals surface area contributed by atoms with E-state index in [0.717, 1.165) is 12.0 Å². The van der Waals surface area contributed by atoms with Gasteiger partial charge in [-0.15, -0.1) is 0 Å². The fraction of sp³-hybridized carbons (Fsp3) is 0.462. The zero-order valence-electron chi connectivity index (χ0n) is 12.4. The Morgan fingerprint density at radius 2 is 2.19 bits per heavy atom. The van der Waals surface area contributed by atoms with Gasteiger partial charge in [-0.2, -0.15) is 9.40 Å². The van der Waals surface area contributed by atoms with Crippen molar-refractivity contribution in [3.8, 4) is 0 Å². The molecule has 2 aromatic rings. The summed E-state index contributed by atoms with van der Waals surface area (Å²) >= 11 is 0. The number of furan rings is 1. The Morgan fingerprint density at radius 1 is 1.48 bits per heavy atom. The van der Waals surface area contributed by atoms with E-state index >= 15 is 0 Å². The fourth-order valence-electron chi connectivity index (χ4n) is 2.03. The van der Waals surface area contributed by atoms with Crippen molar-refractivity contribution in [1.82, 2.24) is 14.1 Å². The molecule has 116 valence electrons. The summed E-state index contributed by atoms with van der Waals surface area (Å²) in [4.78, 5) is 0.0413. The van der Waals surface area contributed by atoms with Crippen LogP contribution in [0.15, 0.2) is 27.8 Å². The van der Waals surface area contributed by atoms with Crippen molar-refractivity contribution in [2.45, 2.75) is 38.3 Å². The largest absolute Gasteiger partial charge is 0.469 e. The van der Waals surface area contributed by atoms with Crippen LogP contribution in [0.4, 0.5) is 5.82 Å². The van der Waals surface area contributed by atoms with Crippen molar-refractivity contribution in [1.29, 1.82) is 0 Å². The highest BCUT2D eigenvalue weighted by molar-refractivity contribution is 7.89. The standard InChI is InChI=1S/C13H20N4O3S/c1-4-6-17-9-12(13(14)15-17)21(18,19)16(3)8-11-5-7-20-10(11)2/h5,7,9H,4,6,8H2,1-3H3,(H2,14,15). The second-order valence-corrected chi connectivity index (χ2v) is 6.92. The number of nitrogen functional groups attached to an aromatic ring is 1. The molecule has 2 rings (SSSR count). The zero-order chi connectivity index (χ0) is 15.6. The second-order valence-electron chi connectivity index (χ2n) is 4.90. The lowest BCUT2D eigenvalue weighted by Gasteiger charge is -2.15. The first-order valence-electron chi connectivity index (χ1n) is 6.68. The van der Waals surface area contributed by atoms with Crippen LogP contribution >= 0.6 is 0 Å². The summed E-state index contributed by atoms with van der Waals surface area (Å²) in [6, 6.07) is 1.76. The smallest absolute Gasteiger partial charge is 0.248 e. The van der Waals surface area contributed by atoms with Crippen LogP contribution in [0.2, 0.25) is 0 Å². The molecule has 0 aliphatic heterocycles. The van der Waals surface area contributed by atoms with E-state index in [9.17, 15) is 8.42 Å². The maximum Gasteiger partial charge on any atom is 0.248 e. The van der Waals surface area contributed by atoms with Crippen molar-refractivity contribution in [3.63, 3.8) is 0 Å². The third-order valence-corrected chi connectivity index (χ3v) is 5.08. The van der Waals surface area contributed by atoms with Gasteiger partial charge in [0.1, 0.15) is 10.7 Å². The number of hydrogen-bond donors (Lipinski definition) is 1. The lowest BCUT2D eigenvalue weighted by atomic mass is 10.3. The van der Waals surface area contributed by atoms with E-state index in [1.165, 1.54) is 17.5 Å². The molecular weight excluding hydrogens is 292 g/mol. The van der Waals surface area contributed by atoms with Crippen LogP contribution in [0, 0.1) is 6.92 Å². The SMILES string of the molecule is CCCn1cc(S(=O)(=O)N(C)Cc2ccoc2C)c(N)n1. The first-order chi connectivity index (χ1) is 9.86. The number of nitrogens with zero attached hydrogens (tertiary/aromatic N) is 3. The molecule has 8 heteroatoms. The van der Waals surface area contributed by atoms with Crippen molar-refractivity contribution in [2.24, 2.45) is 0 Å². The molecule has 0 aliphatic rings. The highest BCUT2D eigenvalue weighted by Gasteiger charge is 2.26. The number of sulfonamides is 1. The highest BCUT2D eigenvalue weighted by Crippen LogP contribution is 2.22. The minimum atomic E-state index is -3.68. The van der Waals surface area contributed by atoms with E-state index in [0.29, 0.717) is 12.3 Å². The normalized spacial score (nSPS) is 12.2. The lowest BCUT2D eigenvalue weighted by molar-refractivity contribution is 0.459. The summed E-state index contributed by atoms with van der Waals surface area (Å²) in [6.45, 7) is 4.64. The number of aromatic nitrogens is 2. The molecular formula is C13H20N4O3S. The van der Waals surface area contributed by atoms with Gasteiger partial charge in [0.15, 0.2) is 5.82 Å². The monoisotopic (exact) mass is 312 g/mol. The number of rotatable bonds is 6. The molecule has 0 aromatic carbocycles. The van der Waals surface area contributed by atoms with E-state index in [1.54, 1.807) is 23.9 Å². The maximum atomic E-state index is 12.6. The molecule has 7 nitrogen and oxygen atoms in total. The van der Waals surface area contributed by atoms with Gasteiger partial charge in [-0.05, 0) is 19.4 Å². The van der Waals surface area contributed by atoms with Crippen molar-refractivity contribution >= 4 is 15.8 Å². The third-order valence-electron chi connectivity index (χ3n) is 3.26. The molecule has 2 aromatic heterocycles. The number of nitrogens with two attached hydrogens (primary N) is 1. The molecule has 0 bridgehead atoms. The number of hydrogen-bond acceptors (Lipinski definition) is 5. The summed E-state index contributed by atoms with van der Waals surface area (Å²) in [7, 11) is -2.16. The summed E-state index contributed by atoms with van der Waals surface area (Å²) in [6.07, 6.45) is 3.87. The minimum Gasteiger partial charge on any atom is -0.469 e. The van der Waals surface area contributed by atoms with E-state index < -0.39 is 10.0 Å². The average Bonchev–Trinajstić information content (AvgIpc) is 2.97. The summed E-state index contributed by atoms with van der Waals surface area (Å²) in [5.41, 5.74) is 6.56. The molecule has 0 unspecified atom stereocenters. The first-order valence-corrected chi connectivity index (χ1v) is 8.12. The molecule has 0 fully saturated rings. The Bertz CT molecular complexity index is 718. The predicted octanol–water partition coefficient (Wildman–Crippen LogP) is 1.60. The molecule has 2 heterocycles.